The summed E-state index contributed by atoms with van der Waals surface area (Å²) in [7, 11) is 0. The Morgan fingerprint density at radius 3 is 2.30 bits per heavy atom. The van der Waals surface area contributed by atoms with Gasteiger partial charge >= 0.3 is 18.0 Å². The third kappa shape index (κ3) is 10.5. The molecule has 0 aromatic heterocycles. The first-order valence-electron chi connectivity index (χ1n) is 8.60. The van der Waals surface area contributed by atoms with Gasteiger partial charge in [0.25, 0.3) is 0 Å². The lowest BCUT2D eigenvalue weighted by atomic mass is 10.2. The van der Waals surface area contributed by atoms with Crippen molar-refractivity contribution >= 4 is 29.6 Å². The maximum atomic E-state index is 11.9. The summed E-state index contributed by atoms with van der Waals surface area (Å²) < 4.78 is 15.1. The Balaban J connectivity index is 2.44. The summed E-state index contributed by atoms with van der Waals surface area (Å²) in [5.74, 6) is -0.956. The second-order valence-corrected chi connectivity index (χ2v) is 7.00. The smallest absolute Gasteiger partial charge is 0.411 e. The van der Waals surface area contributed by atoms with Gasteiger partial charge in [0.1, 0.15) is 18.8 Å². The second-order valence-electron chi connectivity index (χ2n) is 6.78. The van der Waals surface area contributed by atoms with Crippen LogP contribution in [-0.4, -0.2) is 47.7 Å². The number of ether oxygens (including phenoxy) is 3. The van der Waals surface area contributed by atoms with E-state index in [1.165, 1.54) is 0 Å². The number of benzene rings is 1. The number of carbonyl (C=O) groups is 3. The van der Waals surface area contributed by atoms with Crippen molar-refractivity contribution in [2.45, 2.75) is 45.8 Å². The number of rotatable bonds is 9. The summed E-state index contributed by atoms with van der Waals surface area (Å²) >= 11 is 5.41. The lowest BCUT2D eigenvalue weighted by Crippen LogP contribution is -2.39. The highest BCUT2D eigenvalue weighted by atomic mass is 35.5. The lowest BCUT2D eigenvalue weighted by molar-refractivity contribution is -0.155. The lowest BCUT2D eigenvalue weighted by Gasteiger charge is -2.24. The van der Waals surface area contributed by atoms with Gasteiger partial charge in [-0.25, -0.2) is 4.79 Å². The Hall–Kier alpha value is -2.28. The van der Waals surface area contributed by atoms with E-state index in [1.807, 2.05) is 30.3 Å². The minimum Gasteiger partial charge on any atom is -0.461 e. The van der Waals surface area contributed by atoms with Crippen molar-refractivity contribution in [1.29, 1.82) is 0 Å². The van der Waals surface area contributed by atoms with E-state index < -0.39 is 17.7 Å². The fraction of sp³-hybridized carbons (Fsp3) is 0.526. The van der Waals surface area contributed by atoms with E-state index in [4.69, 9.17) is 25.8 Å². The molecule has 0 heterocycles. The van der Waals surface area contributed by atoms with Crippen LogP contribution in [0.3, 0.4) is 0 Å². The fourth-order valence-corrected chi connectivity index (χ4v) is 2.22. The Labute approximate surface area is 164 Å². The molecule has 0 aliphatic rings. The van der Waals surface area contributed by atoms with E-state index in [2.05, 4.69) is 0 Å². The van der Waals surface area contributed by atoms with Gasteiger partial charge in [-0.1, -0.05) is 41.9 Å². The normalized spacial score (nSPS) is 10.8. The monoisotopic (exact) mass is 399 g/mol. The van der Waals surface area contributed by atoms with Gasteiger partial charge in [0.15, 0.2) is 6.07 Å². The molecule has 0 saturated heterocycles. The first-order valence-corrected chi connectivity index (χ1v) is 9.14. The highest BCUT2D eigenvalue weighted by molar-refractivity contribution is 6.17. The number of carbonyl (C=O) groups excluding carboxylic acids is 3. The van der Waals surface area contributed by atoms with Crippen molar-refractivity contribution in [3.8, 4) is 0 Å². The fourth-order valence-electron chi connectivity index (χ4n) is 2.13. The van der Waals surface area contributed by atoms with Gasteiger partial charge in [-0.05, 0) is 32.8 Å². The zero-order valence-corrected chi connectivity index (χ0v) is 16.7. The molecule has 0 atom stereocenters. The molecule has 7 nitrogen and oxygen atoms in total. The number of halogens is 1. The predicted molar refractivity (Wildman–Crippen MR) is 100 cm³/mol. The first-order chi connectivity index (χ1) is 12.7. The van der Waals surface area contributed by atoms with Crippen molar-refractivity contribution in [3.63, 3.8) is 0 Å². The van der Waals surface area contributed by atoms with Gasteiger partial charge in [-0.3, -0.25) is 14.5 Å². The van der Waals surface area contributed by atoms with Crippen molar-refractivity contribution in [2.75, 3.05) is 19.2 Å². The third-order valence-electron chi connectivity index (χ3n) is 3.23. The van der Waals surface area contributed by atoms with Crippen LogP contribution >= 0.6 is 11.6 Å². The highest BCUT2D eigenvalue weighted by Crippen LogP contribution is 2.09. The summed E-state index contributed by atoms with van der Waals surface area (Å²) in [6, 6.07) is 8.99. The standard InChI is InChI=1S/C19H26ClNO6/c1-19(2,3)27-17(23)12-21(18(24)26-14-20)11-7-10-16(22)25-13-15-8-5-4-6-9-15/h4-6,8-9H,7,10-14H2,1-3H3. The molecule has 8 heteroatoms. The molecule has 0 spiro atoms. The quantitative estimate of drug-likeness (QED) is 0.359. The number of amides is 1. The van der Waals surface area contributed by atoms with Gasteiger partial charge < -0.3 is 14.2 Å². The SMILES string of the molecule is CC(C)(C)OC(=O)CN(CCCC(=O)OCc1ccccc1)C(=O)OCCl. The van der Waals surface area contributed by atoms with E-state index in [0.29, 0.717) is 6.42 Å². The van der Waals surface area contributed by atoms with E-state index in [-0.39, 0.29) is 38.2 Å². The average molecular weight is 400 g/mol. The molecule has 1 aromatic carbocycles. The van der Waals surface area contributed by atoms with Gasteiger partial charge in [-0.2, -0.15) is 0 Å². The molecule has 0 fully saturated rings. The maximum Gasteiger partial charge on any atom is 0.411 e. The second kappa shape index (κ2) is 11.4. The molecule has 0 aliphatic heterocycles. The number of hydrogen-bond acceptors (Lipinski definition) is 6. The minimum absolute atomic E-state index is 0.103. The molecular formula is C19H26ClNO6. The Morgan fingerprint density at radius 2 is 1.70 bits per heavy atom. The van der Waals surface area contributed by atoms with Crippen LogP contribution in [0.15, 0.2) is 30.3 Å². The summed E-state index contributed by atoms with van der Waals surface area (Å²) in [5.41, 5.74) is 0.225. The molecule has 0 saturated carbocycles. The molecule has 0 N–H and O–H groups in total. The Kier molecular flexibility index (Phi) is 9.64. The molecule has 1 aromatic rings. The predicted octanol–water partition coefficient (Wildman–Crippen LogP) is 3.49. The van der Waals surface area contributed by atoms with Crippen LogP contribution in [0.5, 0.6) is 0 Å². The maximum absolute atomic E-state index is 11.9. The van der Waals surface area contributed by atoms with Crippen LogP contribution in [0.25, 0.3) is 0 Å². The van der Waals surface area contributed by atoms with Crippen molar-refractivity contribution < 1.29 is 28.6 Å². The summed E-state index contributed by atoms with van der Waals surface area (Å²) in [6.07, 6.45) is -0.326. The molecule has 1 rings (SSSR count). The summed E-state index contributed by atoms with van der Waals surface area (Å²) in [5, 5.41) is 0. The molecule has 1 amide bonds. The average Bonchev–Trinajstić information content (AvgIpc) is 2.58. The zero-order valence-electron chi connectivity index (χ0n) is 15.9. The molecule has 0 bridgehead atoms. The van der Waals surface area contributed by atoms with Crippen LogP contribution in [-0.2, 0) is 30.4 Å². The van der Waals surface area contributed by atoms with Gasteiger partial charge in [-0.15, -0.1) is 0 Å². The number of nitrogens with zero attached hydrogens (tertiary/aromatic N) is 1. The summed E-state index contributed by atoms with van der Waals surface area (Å²) in [4.78, 5) is 36.9. The number of esters is 2. The van der Waals surface area contributed by atoms with Crippen molar-refractivity contribution in [1.82, 2.24) is 4.90 Å². The summed E-state index contributed by atoms with van der Waals surface area (Å²) in [6.45, 7) is 5.23. The van der Waals surface area contributed by atoms with Crippen LogP contribution in [0.4, 0.5) is 4.79 Å². The van der Waals surface area contributed by atoms with Crippen LogP contribution < -0.4 is 0 Å². The van der Waals surface area contributed by atoms with Gasteiger partial charge in [0, 0.05) is 13.0 Å². The molecular weight excluding hydrogens is 374 g/mol. The third-order valence-corrected chi connectivity index (χ3v) is 3.34. The molecule has 0 radical (unpaired) electrons. The highest BCUT2D eigenvalue weighted by Gasteiger charge is 2.23. The number of hydrogen-bond donors (Lipinski definition) is 0. The van der Waals surface area contributed by atoms with Gasteiger partial charge in [0.2, 0.25) is 0 Å². The molecule has 150 valence electrons. The van der Waals surface area contributed by atoms with E-state index in [9.17, 15) is 14.4 Å². The Morgan fingerprint density at radius 1 is 1.04 bits per heavy atom. The van der Waals surface area contributed by atoms with Crippen LogP contribution in [0.2, 0.25) is 0 Å². The van der Waals surface area contributed by atoms with Crippen LogP contribution in [0.1, 0.15) is 39.2 Å². The minimum atomic E-state index is -0.742. The van der Waals surface area contributed by atoms with Gasteiger partial charge in [0.05, 0.1) is 0 Å². The van der Waals surface area contributed by atoms with E-state index in [0.717, 1.165) is 10.5 Å². The molecule has 27 heavy (non-hydrogen) atoms. The topological polar surface area (TPSA) is 82.1 Å². The Bertz CT molecular complexity index is 614. The zero-order chi connectivity index (χ0) is 20.3. The molecule has 0 aliphatic carbocycles. The van der Waals surface area contributed by atoms with Crippen molar-refractivity contribution in [3.05, 3.63) is 35.9 Å². The first kappa shape index (κ1) is 22.8. The van der Waals surface area contributed by atoms with E-state index in [1.54, 1.807) is 20.8 Å². The van der Waals surface area contributed by atoms with Crippen molar-refractivity contribution in [2.24, 2.45) is 0 Å². The van der Waals surface area contributed by atoms with Crippen LogP contribution in [0, 0.1) is 0 Å². The molecule has 0 unspecified atom stereocenters. The number of alkyl halides is 1. The van der Waals surface area contributed by atoms with E-state index >= 15 is 0 Å². The largest absolute Gasteiger partial charge is 0.461 e.